The van der Waals surface area contributed by atoms with Gasteiger partial charge in [0, 0.05) is 18.5 Å². The molecule has 3 heterocycles. The highest BCUT2D eigenvalue weighted by Gasteiger charge is 2.47. The zero-order valence-corrected chi connectivity index (χ0v) is 13.2. The van der Waals surface area contributed by atoms with Crippen LogP contribution in [0, 0.1) is 0 Å². The average Bonchev–Trinajstić information content (AvgIpc) is 2.95. The Hall–Kier alpha value is -2.22. The normalized spacial score (nSPS) is 25.0. The van der Waals surface area contributed by atoms with Gasteiger partial charge in [0.2, 0.25) is 0 Å². The number of ether oxygens (including phenoxy) is 1. The van der Waals surface area contributed by atoms with Crippen LogP contribution in [0.3, 0.4) is 0 Å². The van der Waals surface area contributed by atoms with Crippen molar-refractivity contribution < 1.29 is 9.53 Å². The van der Waals surface area contributed by atoms with Gasteiger partial charge in [-0.05, 0) is 26.7 Å². The first-order chi connectivity index (χ1) is 11.1. The van der Waals surface area contributed by atoms with Gasteiger partial charge in [-0.2, -0.15) is 20.1 Å². The lowest BCUT2D eigenvalue weighted by molar-refractivity contribution is -0.00697. The van der Waals surface area contributed by atoms with E-state index in [9.17, 15) is 4.79 Å². The number of H-pyrrole nitrogens is 1. The third-order valence-corrected chi connectivity index (χ3v) is 4.70. The van der Waals surface area contributed by atoms with Crippen LogP contribution in [0.1, 0.15) is 54.5 Å². The Morgan fingerprint density at radius 3 is 2.87 bits per heavy atom. The monoisotopic (exact) mass is 316 g/mol. The van der Waals surface area contributed by atoms with Gasteiger partial charge in [-0.15, -0.1) is 0 Å². The van der Waals surface area contributed by atoms with Gasteiger partial charge in [0.15, 0.2) is 5.69 Å². The Kier molecular flexibility index (Phi) is 3.22. The molecular weight excluding hydrogens is 296 g/mol. The first kappa shape index (κ1) is 14.4. The van der Waals surface area contributed by atoms with Crippen molar-refractivity contribution in [3.8, 4) is 0 Å². The number of nitrogens with zero attached hydrogens (tertiary/aromatic N) is 4. The van der Waals surface area contributed by atoms with E-state index >= 15 is 0 Å². The van der Waals surface area contributed by atoms with E-state index in [4.69, 9.17) is 4.74 Å². The zero-order valence-electron chi connectivity index (χ0n) is 13.2. The molecule has 0 aromatic carbocycles. The molecule has 1 amide bonds. The molecular formula is C15H20N6O2. The molecule has 1 saturated carbocycles. The van der Waals surface area contributed by atoms with E-state index in [-0.39, 0.29) is 23.7 Å². The second-order valence-corrected chi connectivity index (χ2v) is 6.48. The molecule has 2 aromatic rings. The number of hydrogen-bond donors (Lipinski definition) is 2. The lowest BCUT2D eigenvalue weighted by Crippen LogP contribution is -2.37. The first-order valence-electron chi connectivity index (χ1n) is 7.97. The molecule has 0 saturated heterocycles. The fraction of sp³-hybridized carbons (Fsp3) is 0.600. The van der Waals surface area contributed by atoms with Crippen LogP contribution in [-0.4, -0.2) is 43.7 Å². The van der Waals surface area contributed by atoms with E-state index in [0.29, 0.717) is 18.7 Å². The summed E-state index contributed by atoms with van der Waals surface area (Å²) in [5.74, 6) is -0.151. The number of aromatic nitrogens is 5. The Labute approximate surface area is 133 Å². The molecule has 2 aromatic heterocycles. The smallest absolute Gasteiger partial charge is 0.272 e. The summed E-state index contributed by atoms with van der Waals surface area (Å²) < 4.78 is 5.76. The van der Waals surface area contributed by atoms with Crippen LogP contribution in [0.25, 0.3) is 0 Å². The molecule has 0 bridgehead atoms. The van der Waals surface area contributed by atoms with Gasteiger partial charge >= 0.3 is 0 Å². The van der Waals surface area contributed by atoms with Gasteiger partial charge < -0.3 is 10.1 Å². The minimum absolute atomic E-state index is 0.0640. The van der Waals surface area contributed by atoms with Crippen molar-refractivity contribution in [1.82, 2.24) is 30.5 Å². The molecule has 4 rings (SSSR count). The maximum absolute atomic E-state index is 12.6. The number of nitrogens with one attached hydrogen (secondary N) is 2. The summed E-state index contributed by atoms with van der Waals surface area (Å²) in [6.45, 7) is 4.50. The van der Waals surface area contributed by atoms with E-state index in [1.165, 1.54) is 0 Å². The topological polar surface area (TPSA) is 97.7 Å². The van der Waals surface area contributed by atoms with Gasteiger partial charge in [-0.1, -0.05) is 0 Å². The van der Waals surface area contributed by atoms with Crippen molar-refractivity contribution in [2.75, 3.05) is 6.54 Å². The lowest BCUT2D eigenvalue weighted by atomic mass is 9.99. The van der Waals surface area contributed by atoms with Crippen LogP contribution in [0.4, 0.5) is 0 Å². The second kappa shape index (κ2) is 5.16. The Morgan fingerprint density at radius 1 is 1.43 bits per heavy atom. The number of amides is 1. The molecule has 0 unspecified atom stereocenters. The van der Waals surface area contributed by atoms with Gasteiger partial charge in [0.1, 0.15) is 0 Å². The maximum atomic E-state index is 12.6. The first-order valence-corrected chi connectivity index (χ1v) is 7.97. The van der Waals surface area contributed by atoms with Crippen molar-refractivity contribution >= 4 is 5.91 Å². The van der Waals surface area contributed by atoms with Crippen LogP contribution in [-0.2, 0) is 16.7 Å². The summed E-state index contributed by atoms with van der Waals surface area (Å²) in [5, 5.41) is 18.6. The fourth-order valence-electron chi connectivity index (χ4n) is 3.24. The van der Waals surface area contributed by atoms with Gasteiger partial charge in [-0.25, -0.2) is 0 Å². The molecule has 2 aliphatic rings. The van der Waals surface area contributed by atoms with Crippen molar-refractivity contribution in [2.45, 2.75) is 50.9 Å². The molecule has 1 aliphatic carbocycles. The quantitative estimate of drug-likeness (QED) is 0.875. The average molecular weight is 316 g/mol. The number of hydrogen-bond acceptors (Lipinski definition) is 5. The third kappa shape index (κ3) is 2.42. The van der Waals surface area contributed by atoms with Crippen molar-refractivity contribution in [3.05, 3.63) is 29.3 Å². The van der Waals surface area contributed by atoms with Gasteiger partial charge in [-0.3, -0.25) is 9.89 Å². The van der Waals surface area contributed by atoms with Crippen molar-refractivity contribution in [1.29, 1.82) is 0 Å². The molecule has 2 atom stereocenters. The minimum Gasteiger partial charge on any atom is -0.369 e. The predicted octanol–water partition coefficient (Wildman–Crippen LogP) is 0.942. The number of carbonyl (C=O) groups excluding carboxylic acids is 1. The van der Waals surface area contributed by atoms with Crippen LogP contribution in [0.5, 0.6) is 0 Å². The summed E-state index contributed by atoms with van der Waals surface area (Å²) in [7, 11) is 0. The van der Waals surface area contributed by atoms with Crippen molar-refractivity contribution in [3.63, 3.8) is 0 Å². The molecule has 1 aliphatic heterocycles. The van der Waals surface area contributed by atoms with E-state index in [0.717, 1.165) is 24.1 Å². The summed E-state index contributed by atoms with van der Waals surface area (Å²) in [6.07, 6.45) is 6.00. The third-order valence-electron chi connectivity index (χ3n) is 4.70. The molecule has 23 heavy (non-hydrogen) atoms. The van der Waals surface area contributed by atoms with E-state index in [1.54, 1.807) is 17.2 Å². The molecule has 8 nitrogen and oxygen atoms in total. The maximum Gasteiger partial charge on any atom is 0.272 e. The molecule has 122 valence electrons. The van der Waals surface area contributed by atoms with Gasteiger partial charge in [0.25, 0.3) is 5.91 Å². The standard InChI is InChI=1S/C15H20N6O2/c1-9-7-11-12(10(2)23-9)19-20-13(11)14(22)16-8-15(3-4-15)21-17-5-6-18-21/h5-6,9-10H,3-4,7-8H2,1-2H3,(H,16,22)(H,19,20)/t9-,10+/m1/s1. The highest BCUT2D eigenvalue weighted by atomic mass is 16.5. The largest absolute Gasteiger partial charge is 0.369 e. The van der Waals surface area contributed by atoms with E-state index < -0.39 is 0 Å². The fourth-order valence-corrected chi connectivity index (χ4v) is 3.24. The predicted molar refractivity (Wildman–Crippen MR) is 80.8 cm³/mol. The van der Waals surface area contributed by atoms with Crippen LogP contribution < -0.4 is 5.32 Å². The number of carbonyl (C=O) groups is 1. The SMILES string of the molecule is C[C@@H]1Cc2c(C(=O)NCC3(n4nccn4)CC3)n[nH]c2[C@H](C)O1. The van der Waals surface area contributed by atoms with Gasteiger partial charge in [0.05, 0.1) is 35.8 Å². The molecule has 2 N–H and O–H groups in total. The summed E-state index contributed by atoms with van der Waals surface area (Å²) in [4.78, 5) is 14.3. The van der Waals surface area contributed by atoms with Crippen LogP contribution in [0.15, 0.2) is 12.4 Å². The summed E-state index contributed by atoms with van der Waals surface area (Å²) in [6, 6.07) is 0. The lowest BCUT2D eigenvalue weighted by Gasteiger charge is -2.25. The van der Waals surface area contributed by atoms with Crippen LogP contribution in [0.2, 0.25) is 0 Å². The minimum atomic E-state index is -0.167. The summed E-state index contributed by atoms with van der Waals surface area (Å²) >= 11 is 0. The number of fused-ring (bicyclic) bond motifs is 1. The highest BCUT2D eigenvalue weighted by Crippen LogP contribution is 2.41. The van der Waals surface area contributed by atoms with E-state index in [2.05, 4.69) is 25.7 Å². The molecule has 0 spiro atoms. The Balaban J connectivity index is 1.49. The van der Waals surface area contributed by atoms with Crippen LogP contribution >= 0.6 is 0 Å². The number of rotatable bonds is 4. The molecule has 1 fully saturated rings. The number of aromatic amines is 1. The molecule has 0 radical (unpaired) electrons. The highest BCUT2D eigenvalue weighted by molar-refractivity contribution is 5.94. The Morgan fingerprint density at radius 2 is 2.17 bits per heavy atom. The summed E-state index contributed by atoms with van der Waals surface area (Å²) in [5.41, 5.74) is 2.18. The zero-order chi connectivity index (χ0) is 16.0. The van der Waals surface area contributed by atoms with Crippen molar-refractivity contribution in [2.24, 2.45) is 0 Å². The van der Waals surface area contributed by atoms with E-state index in [1.807, 2.05) is 13.8 Å². The molecule has 8 heteroatoms. The Bertz CT molecular complexity index is 718. The second-order valence-electron chi connectivity index (χ2n) is 6.48.